The Balaban J connectivity index is 1.72. The number of carbonyl (C=O) groups excluding carboxylic acids is 2. The summed E-state index contributed by atoms with van der Waals surface area (Å²) in [6.07, 6.45) is 4.81. The Morgan fingerprint density at radius 1 is 0.893 bits per heavy atom. The molecule has 1 aromatic carbocycles. The van der Waals surface area contributed by atoms with Crippen molar-refractivity contribution in [1.29, 1.82) is 0 Å². The Kier molecular flexibility index (Phi) is 5.79. The molecule has 28 heavy (non-hydrogen) atoms. The molecule has 6 heteroatoms. The molecule has 2 aromatic heterocycles. The Morgan fingerprint density at radius 2 is 1.57 bits per heavy atom. The SMILES string of the molecule is Cc1cc(C)c(NC(=O)c2cc(C(=O)NCc3ccncc3)ccn2)c(C)c1. The van der Waals surface area contributed by atoms with Gasteiger partial charge >= 0.3 is 0 Å². The number of anilines is 1. The van der Waals surface area contributed by atoms with E-state index in [2.05, 4.69) is 20.6 Å². The van der Waals surface area contributed by atoms with Gasteiger partial charge in [0.2, 0.25) is 0 Å². The molecule has 2 N–H and O–H groups in total. The van der Waals surface area contributed by atoms with Gasteiger partial charge in [0.1, 0.15) is 5.69 Å². The molecule has 2 heterocycles. The summed E-state index contributed by atoms with van der Waals surface area (Å²) in [5.41, 5.74) is 5.39. The monoisotopic (exact) mass is 374 g/mol. The van der Waals surface area contributed by atoms with Crippen molar-refractivity contribution in [2.45, 2.75) is 27.3 Å². The zero-order valence-electron chi connectivity index (χ0n) is 16.1. The summed E-state index contributed by atoms with van der Waals surface area (Å²) in [4.78, 5) is 33.1. The molecule has 0 aliphatic carbocycles. The van der Waals surface area contributed by atoms with Gasteiger partial charge in [-0.15, -0.1) is 0 Å². The van der Waals surface area contributed by atoms with Crippen molar-refractivity contribution in [3.63, 3.8) is 0 Å². The van der Waals surface area contributed by atoms with E-state index in [4.69, 9.17) is 0 Å². The molecule has 0 fully saturated rings. The van der Waals surface area contributed by atoms with Crippen LogP contribution in [-0.4, -0.2) is 21.8 Å². The largest absolute Gasteiger partial charge is 0.348 e. The van der Waals surface area contributed by atoms with Gasteiger partial charge in [0.05, 0.1) is 0 Å². The maximum atomic E-state index is 12.6. The third-order valence-corrected chi connectivity index (χ3v) is 4.37. The normalized spacial score (nSPS) is 10.4. The van der Waals surface area contributed by atoms with Gasteiger partial charge < -0.3 is 10.6 Å². The number of hydrogen-bond acceptors (Lipinski definition) is 4. The van der Waals surface area contributed by atoms with Crippen LogP contribution in [-0.2, 0) is 6.54 Å². The Labute approximate surface area is 164 Å². The van der Waals surface area contributed by atoms with E-state index in [0.717, 1.165) is 27.9 Å². The molecule has 0 aliphatic rings. The minimum Gasteiger partial charge on any atom is -0.348 e. The van der Waals surface area contributed by atoms with Crippen LogP contribution in [0.5, 0.6) is 0 Å². The van der Waals surface area contributed by atoms with E-state index in [1.54, 1.807) is 18.5 Å². The first-order valence-electron chi connectivity index (χ1n) is 8.96. The van der Waals surface area contributed by atoms with Gasteiger partial charge in [-0.05, 0) is 61.7 Å². The smallest absolute Gasteiger partial charge is 0.274 e. The van der Waals surface area contributed by atoms with Gasteiger partial charge in [0.15, 0.2) is 0 Å². The lowest BCUT2D eigenvalue weighted by atomic mass is 10.0. The summed E-state index contributed by atoms with van der Waals surface area (Å²) >= 11 is 0. The van der Waals surface area contributed by atoms with E-state index in [1.165, 1.54) is 12.3 Å². The van der Waals surface area contributed by atoms with Gasteiger partial charge in [-0.2, -0.15) is 0 Å². The number of aryl methyl sites for hydroxylation is 3. The fraction of sp³-hybridized carbons (Fsp3) is 0.182. The zero-order chi connectivity index (χ0) is 20.1. The van der Waals surface area contributed by atoms with Gasteiger partial charge in [-0.25, -0.2) is 0 Å². The number of carbonyl (C=O) groups is 2. The minimum absolute atomic E-state index is 0.191. The average Bonchev–Trinajstić information content (AvgIpc) is 2.69. The van der Waals surface area contributed by atoms with Crippen molar-refractivity contribution in [1.82, 2.24) is 15.3 Å². The van der Waals surface area contributed by atoms with E-state index in [9.17, 15) is 9.59 Å². The maximum absolute atomic E-state index is 12.6. The molecule has 0 unspecified atom stereocenters. The second kappa shape index (κ2) is 8.43. The molecule has 0 aliphatic heterocycles. The summed E-state index contributed by atoms with van der Waals surface area (Å²) in [5.74, 6) is -0.616. The van der Waals surface area contributed by atoms with Crippen LogP contribution >= 0.6 is 0 Å². The molecule has 0 saturated carbocycles. The summed E-state index contributed by atoms with van der Waals surface area (Å²) in [6.45, 7) is 6.30. The highest BCUT2D eigenvalue weighted by molar-refractivity contribution is 6.05. The molecule has 0 atom stereocenters. The molecule has 3 aromatic rings. The second-order valence-electron chi connectivity index (χ2n) is 6.70. The summed E-state index contributed by atoms with van der Waals surface area (Å²) in [7, 11) is 0. The number of rotatable bonds is 5. The van der Waals surface area contributed by atoms with E-state index >= 15 is 0 Å². The molecule has 3 rings (SSSR count). The van der Waals surface area contributed by atoms with Crippen molar-refractivity contribution in [3.05, 3.63) is 88.5 Å². The van der Waals surface area contributed by atoms with Gasteiger partial charge in [-0.1, -0.05) is 17.7 Å². The second-order valence-corrected chi connectivity index (χ2v) is 6.70. The van der Waals surface area contributed by atoms with Crippen LogP contribution in [0.25, 0.3) is 0 Å². The highest BCUT2D eigenvalue weighted by atomic mass is 16.2. The molecule has 0 saturated heterocycles. The van der Waals surface area contributed by atoms with Crippen LogP contribution in [0.3, 0.4) is 0 Å². The fourth-order valence-electron chi connectivity index (χ4n) is 3.04. The number of aromatic nitrogens is 2. The van der Waals surface area contributed by atoms with Crippen LogP contribution in [0.15, 0.2) is 55.0 Å². The lowest BCUT2D eigenvalue weighted by molar-refractivity contribution is 0.0950. The van der Waals surface area contributed by atoms with Crippen LogP contribution < -0.4 is 10.6 Å². The number of nitrogens with zero attached hydrogens (tertiary/aromatic N) is 2. The van der Waals surface area contributed by atoms with Crippen LogP contribution in [0.1, 0.15) is 43.1 Å². The van der Waals surface area contributed by atoms with Crippen LogP contribution in [0, 0.1) is 20.8 Å². The number of pyridine rings is 2. The van der Waals surface area contributed by atoms with Gasteiger partial charge in [0.25, 0.3) is 11.8 Å². The predicted octanol–water partition coefficient (Wildman–Crippen LogP) is 3.58. The molecule has 0 radical (unpaired) electrons. The third-order valence-electron chi connectivity index (χ3n) is 4.37. The number of nitrogens with one attached hydrogen (secondary N) is 2. The Bertz CT molecular complexity index is 993. The summed E-state index contributed by atoms with van der Waals surface area (Å²) < 4.78 is 0. The highest BCUT2D eigenvalue weighted by Gasteiger charge is 2.14. The van der Waals surface area contributed by atoms with Gasteiger partial charge in [0, 0.05) is 36.4 Å². The quantitative estimate of drug-likeness (QED) is 0.715. The lowest BCUT2D eigenvalue weighted by Gasteiger charge is -2.13. The zero-order valence-corrected chi connectivity index (χ0v) is 16.1. The molecule has 0 bridgehead atoms. The summed E-state index contributed by atoms with van der Waals surface area (Å²) in [6, 6.07) is 10.8. The first-order chi connectivity index (χ1) is 13.4. The average molecular weight is 374 g/mol. The lowest BCUT2D eigenvalue weighted by Crippen LogP contribution is -2.24. The molecule has 0 spiro atoms. The number of amides is 2. The van der Waals surface area contributed by atoms with E-state index < -0.39 is 0 Å². The van der Waals surface area contributed by atoms with Crippen molar-refractivity contribution >= 4 is 17.5 Å². The van der Waals surface area contributed by atoms with E-state index in [-0.39, 0.29) is 17.5 Å². The first-order valence-corrected chi connectivity index (χ1v) is 8.96. The highest BCUT2D eigenvalue weighted by Crippen LogP contribution is 2.22. The van der Waals surface area contributed by atoms with Gasteiger partial charge in [-0.3, -0.25) is 19.6 Å². The third kappa shape index (κ3) is 4.59. The Hall–Kier alpha value is -3.54. The van der Waals surface area contributed by atoms with E-state index in [1.807, 2.05) is 45.0 Å². The van der Waals surface area contributed by atoms with Crippen molar-refractivity contribution < 1.29 is 9.59 Å². The van der Waals surface area contributed by atoms with Crippen LogP contribution in [0.4, 0.5) is 5.69 Å². The standard InChI is InChI=1S/C22H22N4O2/c1-14-10-15(2)20(16(3)11-14)26-22(28)19-12-18(6-9-24-19)21(27)25-13-17-4-7-23-8-5-17/h4-12H,13H2,1-3H3,(H,25,27)(H,26,28). The fourth-order valence-corrected chi connectivity index (χ4v) is 3.04. The van der Waals surface area contributed by atoms with E-state index in [0.29, 0.717) is 12.1 Å². The molecule has 2 amide bonds. The Morgan fingerprint density at radius 3 is 2.25 bits per heavy atom. The number of hydrogen-bond donors (Lipinski definition) is 2. The number of benzene rings is 1. The summed E-state index contributed by atoms with van der Waals surface area (Å²) in [5, 5.41) is 5.74. The van der Waals surface area contributed by atoms with Crippen LogP contribution in [0.2, 0.25) is 0 Å². The molecular formula is C22H22N4O2. The molecule has 142 valence electrons. The van der Waals surface area contributed by atoms with Crippen molar-refractivity contribution in [3.8, 4) is 0 Å². The maximum Gasteiger partial charge on any atom is 0.274 e. The van der Waals surface area contributed by atoms with Crippen molar-refractivity contribution in [2.75, 3.05) is 5.32 Å². The predicted molar refractivity (Wildman–Crippen MR) is 108 cm³/mol. The van der Waals surface area contributed by atoms with Crippen molar-refractivity contribution in [2.24, 2.45) is 0 Å². The molecule has 6 nitrogen and oxygen atoms in total. The minimum atomic E-state index is -0.348. The topological polar surface area (TPSA) is 84.0 Å². The first kappa shape index (κ1) is 19.2. The molecular weight excluding hydrogens is 352 g/mol.